The first kappa shape index (κ1) is 21.3. The third-order valence-corrected chi connectivity index (χ3v) is 5.73. The summed E-state index contributed by atoms with van der Waals surface area (Å²) in [6.07, 6.45) is 1.76. The lowest BCUT2D eigenvalue weighted by Gasteiger charge is -2.35. The van der Waals surface area contributed by atoms with E-state index in [9.17, 15) is 14.0 Å². The largest absolute Gasteiger partial charge is 0.341 e. The van der Waals surface area contributed by atoms with Gasteiger partial charge in [-0.3, -0.25) is 9.59 Å². The summed E-state index contributed by atoms with van der Waals surface area (Å²) in [6, 6.07) is 12.6. The molecule has 0 aromatic heterocycles. The van der Waals surface area contributed by atoms with E-state index in [1.54, 1.807) is 0 Å². The molecule has 1 N–H and O–H groups in total. The maximum atomic E-state index is 13.1. The molecule has 2 amide bonds. The average molecular weight is 417 g/mol. The molecular weight excluding hydrogens is 391 g/mol. The average Bonchev–Trinajstić information content (AvgIpc) is 2.72. The molecule has 1 atom stereocenters. The molecule has 0 radical (unpaired) electrons. The minimum absolute atomic E-state index is 0.0547. The van der Waals surface area contributed by atoms with E-state index in [0.717, 1.165) is 17.9 Å². The van der Waals surface area contributed by atoms with Crippen LogP contribution in [0.2, 0.25) is 5.02 Å². The molecule has 0 aliphatic carbocycles. The van der Waals surface area contributed by atoms with Gasteiger partial charge >= 0.3 is 0 Å². The van der Waals surface area contributed by atoms with Crippen molar-refractivity contribution in [3.63, 3.8) is 0 Å². The zero-order valence-corrected chi connectivity index (χ0v) is 17.5. The van der Waals surface area contributed by atoms with Gasteiger partial charge in [0.25, 0.3) is 5.91 Å². The monoisotopic (exact) mass is 416 g/mol. The highest BCUT2D eigenvalue weighted by Crippen LogP contribution is 2.29. The van der Waals surface area contributed by atoms with Gasteiger partial charge in [-0.1, -0.05) is 37.6 Å². The van der Waals surface area contributed by atoms with Crippen LogP contribution in [0.15, 0.2) is 48.5 Å². The smallest absolute Gasteiger partial charge is 0.251 e. The molecule has 0 spiro atoms. The van der Waals surface area contributed by atoms with E-state index in [1.165, 1.54) is 29.8 Å². The Balaban J connectivity index is 1.61. The van der Waals surface area contributed by atoms with Crippen molar-refractivity contribution in [3.8, 4) is 0 Å². The van der Waals surface area contributed by atoms with Crippen LogP contribution in [0.3, 0.4) is 0 Å². The molecule has 1 aliphatic rings. The van der Waals surface area contributed by atoms with E-state index in [4.69, 9.17) is 11.6 Å². The third-order valence-electron chi connectivity index (χ3n) is 5.47. The number of benzene rings is 2. The maximum Gasteiger partial charge on any atom is 0.251 e. The number of hydrogen-bond donors (Lipinski definition) is 1. The number of nitrogens with zero attached hydrogens (tertiary/aromatic N) is 1. The van der Waals surface area contributed by atoms with Crippen molar-refractivity contribution in [1.82, 2.24) is 10.2 Å². The molecule has 154 valence electrons. The minimum Gasteiger partial charge on any atom is -0.341 e. The van der Waals surface area contributed by atoms with Gasteiger partial charge in [-0.25, -0.2) is 4.39 Å². The molecule has 0 unspecified atom stereocenters. The van der Waals surface area contributed by atoms with Crippen LogP contribution in [-0.2, 0) is 4.79 Å². The Labute approximate surface area is 176 Å². The predicted molar refractivity (Wildman–Crippen MR) is 112 cm³/mol. The maximum absolute atomic E-state index is 13.1. The number of rotatable bonds is 5. The van der Waals surface area contributed by atoms with Crippen LogP contribution in [-0.4, -0.2) is 35.8 Å². The van der Waals surface area contributed by atoms with Crippen molar-refractivity contribution in [2.75, 3.05) is 13.1 Å². The molecule has 1 heterocycles. The van der Waals surface area contributed by atoms with Gasteiger partial charge in [0.05, 0.1) is 0 Å². The van der Waals surface area contributed by atoms with Crippen molar-refractivity contribution in [3.05, 3.63) is 70.5 Å². The Hall–Kier alpha value is -2.40. The molecule has 1 saturated heterocycles. The van der Waals surface area contributed by atoms with Crippen molar-refractivity contribution in [2.45, 2.75) is 38.6 Å². The summed E-state index contributed by atoms with van der Waals surface area (Å²) >= 11 is 5.97. The van der Waals surface area contributed by atoms with Crippen LogP contribution in [0.4, 0.5) is 4.39 Å². The van der Waals surface area contributed by atoms with Gasteiger partial charge in [0.2, 0.25) is 5.91 Å². The Morgan fingerprint density at radius 1 is 1.03 bits per heavy atom. The highest BCUT2D eigenvalue weighted by molar-refractivity contribution is 6.30. The Morgan fingerprint density at radius 2 is 1.62 bits per heavy atom. The molecule has 2 aromatic carbocycles. The normalized spacial score (nSPS) is 16.0. The standard InChI is InChI=1S/C23H26ClFN2O2/c1-15(2)21(26-22(28)18-5-9-20(25)10-6-18)23(29)27-13-11-17(12-14-27)16-3-7-19(24)8-4-16/h3-10,15,17,21H,11-14H2,1-2H3,(H,26,28)/t21-/m1/s1. The second kappa shape index (κ2) is 9.40. The molecule has 0 bridgehead atoms. The topological polar surface area (TPSA) is 49.4 Å². The highest BCUT2D eigenvalue weighted by Gasteiger charge is 2.31. The van der Waals surface area contributed by atoms with Gasteiger partial charge in [-0.05, 0) is 66.6 Å². The predicted octanol–water partition coefficient (Wildman–Crippen LogP) is 4.64. The number of hydrogen-bond acceptors (Lipinski definition) is 2. The lowest BCUT2D eigenvalue weighted by atomic mass is 9.89. The molecule has 4 nitrogen and oxygen atoms in total. The number of nitrogens with one attached hydrogen (secondary N) is 1. The quantitative estimate of drug-likeness (QED) is 0.771. The van der Waals surface area contributed by atoms with E-state index in [1.807, 2.05) is 43.0 Å². The molecule has 29 heavy (non-hydrogen) atoms. The van der Waals surface area contributed by atoms with Crippen LogP contribution >= 0.6 is 11.6 Å². The fourth-order valence-electron chi connectivity index (χ4n) is 3.70. The molecular formula is C23H26ClFN2O2. The van der Waals surface area contributed by atoms with E-state index < -0.39 is 11.9 Å². The number of carbonyl (C=O) groups is 2. The van der Waals surface area contributed by atoms with Gasteiger partial charge in [0, 0.05) is 23.7 Å². The van der Waals surface area contributed by atoms with Gasteiger partial charge in [0.15, 0.2) is 0 Å². The van der Waals surface area contributed by atoms with Gasteiger partial charge in [0.1, 0.15) is 11.9 Å². The summed E-state index contributed by atoms with van der Waals surface area (Å²) in [6.45, 7) is 5.13. The van der Waals surface area contributed by atoms with E-state index in [2.05, 4.69) is 5.32 Å². The van der Waals surface area contributed by atoms with Crippen molar-refractivity contribution in [1.29, 1.82) is 0 Å². The van der Waals surface area contributed by atoms with E-state index in [-0.39, 0.29) is 17.7 Å². The molecule has 1 fully saturated rings. The fraction of sp³-hybridized carbons (Fsp3) is 0.391. The van der Waals surface area contributed by atoms with E-state index in [0.29, 0.717) is 24.6 Å². The number of likely N-dealkylation sites (tertiary alicyclic amines) is 1. The Kier molecular flexibility index (Phi) is 6.91. The van der Waals surface area contributed by atoms with Crippen molar-refractivity contribution >= 4 is 23.4 Å². The first-order valence-electron chi connectivity index (χ1n) is 9.96. The summed E-state index contributed by atoms with van der Waals surface area (Å²) in [5, 5.41) is 3.55. The molecule has 2 aromatic rings. The molecule has 3 rings (SSSR count). The van der Waals surface area contributed by atoms with Crippen LogP contribution in [0.25, 0.3) is 0 Å². The summed E-state index contributed by atoms with van der Waals surface area (Å²) in [5.74, 6) is -0.483. The molecule has 1 aliphatic heterocycles. The molecule has 0 saturated carbocycles. The van der Waals surface area contributed by atoms with Crippen LogP contribution in [0.1, 0.15) is 48.5 Å². The highest BCUT2D eigenvalue weighted by atomic mass is 35.5. The second-order valence-corrected chi connectivity index (χ2v) is 8.29. The van der Waals surface area contributed by atoms with Crippen molar-refractivity contribution in [2.24, 2.45) is 5.92 Å². The van der Waals surface area contributed by atoms with Gasteiger partial charge < -0.3 is 10.2 Å². The second-order valence-electron chi connectivity index (χ2n) is 7.85. The fourth-order valence-corrected chi connectivity index (χ4v) is 3.83. The first-order valence-corrected chi connectivity index (χ1v) is 10.3. The van der Waals surface area contributed by atoms with Gasteiger partial charge in [-0.15, -0.1) is 0 Å². The summed E-state index contributed by atoms with van der Waals surface area (Å²) < 4.78 is 13.1. The third kappa shape index (κ3) is 5.36. The summed E-state index contributed by atoms with van der Waals surface area (Å²) in [7, 11) is 0. The first-order chi connectivity index (χ1) is 13.8. The summed E-state index contributed by atoms with van der Waals surface area (Å²) in [4.78, 5) is 27.4. The van der Waals surface area contributed by atoms with Crippen LogP contribution in [0.5, 0.6) is 0 Å². The zero-order valence-electron chi connectivity index (χ0n) is 16.7. The minimum atomic E-state index is -0.611. The summed E-state index contributed by atoms with van der Waals surface area (Å²) in [5.41, 5.74) is 1.58. The Morgan fingerprint density at radius 3 is 2.17 bits per heavy atom. The number of carbonyl (C=O) groups excluding carboxylic acids is 2. The van der Waals surface area contributed by atoms with Crippen LogP contribution < -0.4 is 5.32 Å². The number of piperidine rings is 1. The van der Waals surface area contributed by atoms with Gasteiger partial charge in [-0.2, -0.15) is 0 Å². The van der Waals surface area contributed by atoms with E-state index >= 15 is 0 Å². The van der Waals surface area contributed by atoms with Crippen LogP contribution in [0, 0.1) is 11.7 Å². The lowest BCUT2D eigenvalue weighted by molar-refractivity contribution is -0.135. The number of halogens is 2. The Bertz CT molecular complexity index is 844. The zero-order chi connectivity index (χ0) is 21.0. The number of amides is 2. The lowest BCUT2D eigenvalue weighted by Crippen LogP contribution is -2.52. The van der Waals surface area contributed by atoms with Crippen molar-refractivity contribution < 1.29 is 14.0 Å². The SMILES string of the molecule is CC(C)[C@@H](NC(=O)c1ccc(F)cc1)C(=O)N1CCC(c2ccc(Cl)cc2)CC1. The molecule has 6 heteroatoms.